The van der Waals surface area contributed by atoms with Gasteiger partial charge in [0.15, 0.2) is 0 Å². The van der Waals surface area contributed by atoms with E-state index in [4.69, 9.17) is 0 Å². The Hall–Kier alpha value is -3.49. The molecule has 1 aliphatic rings. The van der Waals surface area contributed by atoms with E-state index in [1.807, 2.05) is 11.0 Å². The van der Waals surface area contributed by atoms with Crippen LogP contribution in [-0.4, -0.2) is 56.7 Å². The summed E-state index contributed by atoms with van der Waals surface area (Å²) < 4.78 is 15.9. The van der Waals surface area contributed by atoms with Gasteiger partial charge in [0.25, 0.3) is 11.5 Å². The lowest BCUT2D eigenvalue weighted by Gasteiger charge is -2.35. The minimum absolute atomic E-state index is 0.0211. The van der Waals surface area contributed by atoms with Crippen molar-refractivity contribution in [3.63, 3.8) is 0 Å². The Morgan fingerprint density at radius 3 is 2.46 bits per heavy atom. The third kappa shape index (κ3) is 3.26. The number of piperazine rings is 1. The number of carbonyl (C=O) groups is 1. The van der Waals surface area contributed by atoms with Gasteiger partial charge in [-0.3, -0.25) is 19.3 Å². The third-order valence-corrected chi connectivity index (χ3v) is 4.80. The van der Waals surface area contributed by atoms with Crippen molar-refractivity contribution in [3.05, 3.63) is 64.5 Å². The van der Waals surface area contributed by atoms with Crippen LogP contribution in [0, 0.1) is 5.82 Å². The number of nitrogens with one attached hydrogen (secondary N) is 1. The van der Waals surface area contributed by atoms with E-state index in [0.29, 0.717) is 43.4 Å². The standard InChI is InChI=1S/C19H19FN6O2/c1-24-14(7-8-21-24)18(28)25-9-11-26(12-10-25)19-22-16(15(20)17(27)23-19)13-5-3-2-4-6-13/h2-8H,9-12H2,1H3,(H,22,23,27). The van der Waals surface area contributed by atoms with Gasteiger partial charge in [-0.15, -0.1) is 0 Å². The second-order valence-corrected chi connectivity index (χ2v) is 6.54. The average Bonchev–Trinajstić information content (AvgIpc) is 3.16. The lowest BCUT2D eigenvalue weighted by Crippen LogP contribution is -2.50. The molecule has 8 nitrogen and oxygen atoms in total. The molecule has 0 bridgehead atoms. The van der Waals surface area contributed by atoms with E-state index in [0.717, 1.165) is 0 Å². The predicted molar refractivity (Wildman–Crippen MR) is 102 cm³/mol. The number of aromatic nitrogens is 4. The summed E-state index contributed by atoms with van der Waals surface area (Å²) in [5.41, 5.74) is 0.274. The lowest BCUT2D eigenvalue weighted by molar-refractivity contribution is 0.0735. The first-order valence-corrected chi connectivity index (χ1v) is 8.92. The van der Waals surface area contributed by atoms with E-state index < -0.39 is 11.4 Å². The van der Waals surface area contributed by atoms with Gasteiger partial charge in [0.1, 0.15) is 11.4 Å². The van der Waals surface area contributed by atoms with Crippen molar-refractivity contribution in [1.82, 2.24) is 24.6 Å². The van der Waals surface area contributed by atoms with Crippen LogP contribution in [0.4, 0.5) is 10.3 Å². The molecular weight excluding hydrogens is 363 g/mol. The third-order valence-electron chi connectivity index (χ3n) is 4.80. The highest BCUT2D eigenvalue weighted by molar-refractivity contribution is 5.92. The molecule has 4 rings (SSSR count). The van der Waals surface area contributed by atoms with Gasteiger partial charge in [0, 0.05) is 45.0 Å². The zero-order valence-electron chi connectivity index (χ0n) is 15.3. The topological polar surface area (TPSA) is 87.1 Å². The van der Waals surface area contributed by atoms with Gasteiger partial charge < -0.3 is 9.80 Å². The number of amides is 1. The summed E-state index contributed by atoms with van der Waals surface area (Å²) in [6.07, 6.45) is 1.59. The van der Waals surface area contributed by atoms with Crippen LogP contribution >= 0.6 is 0 Å². The highest BCUT2D eigenvalue weighted by Gasteiger charge is 2.26. The summed E-state index contributed by atoms with van der Waals surface area (Å²) in [6, 6.07) is 10.4. The van der Waals surface area contributed by atoms with Crippen LogP contribution in [0.15, 0.2) is 47.4 Å². The molecule has 2 aromatic heterocycles. The van der Waals surface area contributed by atoms with Crippen molar-refractivity contribution in [2.45, 2.75) is 0 Å². The van der Waals surface area contributed by atoms with Crippen molar-refractivity contribution < 1.29 is 9.18 Å². The number of benzene rings is 1. The van der Waals surface area contributed by atoms with Crippen LogP contribution in [0.2, 0.25) is 0 Å². The molecule has 28 heavy (non-hydrogen) atoms. The number of aromatic amines is 1. The minimum atomic E-state index is -0.903. The molecule has 144 valence electrons. The number of aryl methyl sites for hydroxylation is 1. The normalized spacial score (nSPS) is 14.4. The summed E-state index contributed by atoms with van der Waals surface area (Å²) >= 11 is 0. The molecule has 0 radical (unpaired) electrons. The molecule has 1 N–H and O–H groups in total. The monoisotopic (exact) mass is 382 g/mol. The summed E-state index contributed by atoms with van der Waals surface area (Å²) in [4.78, 5) is 35.1. The first-order chi connectivity index (χ1) is 13.5. The molecule has 0 saturated carbocycles. The van der Waals surface area contributed by atoms with Crippen LogP contribution in [0.5, 0.6) is 0 Å². The molecule has 0 spiro atoms. The molecule has 0 atom stereocenters. The number of hydrogen-bond donors (Lipinski definition) is 1. The molecule has 1 fully saturated rings. The molecule has 3 aromatic rings. The number of carbonyl (C=O) groups excluding carboxylic acids is 1. The average molecular weight is 382 g/mol. The Kier molecular flexibility index (Phi) is 4.64. The summed E-state index contributed by atoms with van der Waals surface area (Å²) in [7, 11) is 1.72. The number of nitrogens with zero attached hydrogens (tertiary/aromatic N) is 5. The number of rotatable bonds is 3. The molecule has 3 heterocycles. The highest BCUT2D eigenvalue weighted by atomic mass is 19.1. The Bertz CT molecular complexity index is 1050. The van der Waals surface area contributed by atoms with Crippen LogP contribution in [0.1, 0.15) is 10.5 Å². The maximum Gasteiger partial charge on any atom is 0.289 e. The van der Waals surface area contributed by atoms with E-state index in [9.17, 15) is 14.0 Å². The van der Waals surface area contributed by atoms with Gasteiger partial charge in [-0.05, 0) is 6.07 Å². The van der Waals surface area contributed by atoms with Crippen molar-refractivity contribution in [3.8, 4) is 11.3 Å². The zero-order chi connectivity index (χ0) is 19.7. The Labute approximate surface area is 160 Å². The van der Waals surface area contributed by atoms with Gasteiger partial charge >= 0.3 is 0 Å². The number of anilines is 1. The fraction of sp³-hybridized carbons (Fsp3) is 0.263. The Morgan fingerprint density at radius 1 is 1.11 bits per heavy atom. The molecule has 1 saturated heterocycles. The summed E-state index contributed by atoms with van der Waals surface area (Å²) in [5.74, 6) is -0.692. The second kappa shape index (κ2) is 7.26. The number of hydrogen-bond acceptors (Lipinski definition) is 5. The van der Waals surface area contributed by atoms with Crippen LogP contribution < -0.4 is 10.5 Å². The van der Waals surface area contributed by atoms with Crippen LogP contribution in [0.3, 0.4) is 0 Å². The van der Waals surface area contributed by atoms with E-state index in [1.54, 1.807) is 53.2 Å². The van der Waals surface area contributed by atoms with E-state index in [-0.39, 0.29) is 11.6 Å². The SMILES string of the molecule is Cn1nccc1C(=O)N1CCN(c2nc(-c3ccccc3)c(F)c(=O)[nH]2)CC1. The maximum atomic E-state index is 14.3. The molecule has 1 aliphatic heterocycles. The van der Waals surface area contributed by atoms with Crippen molar-refractivity contribution in [2.75, 3.05) is 31.1 Å². The fourth-order valence-corrected chi connectivity index (χ4v) is 3.25. The van der Waals surface area contributed by atoms with Crippen LogP contribution in [0.25, 0.3) is 11.3 Å². The first-order valence-electron chi connectivity index (χ1n) is 8.92. The smallest absolute Gasteiger partial charge is 0.289 e. The molecule has 1 amide bonds. The van der Waals surface area contributed by atoms with Crippen molar-refractivity contribution in [2.24, 2.45) is 7.05 Å². The molecular formula is C19H19FN6O2. The van der Waals surface area contributed by atoms with Gasteiger partial charge in [0.05, 0.1) is 0 Å². The first kappa shape index (κ1) is 17.9. The maximum absolute atomic E-state index is 14.3. The summed E-state index contributed by atoms with van der Waals surface area (Å²) in [6.45, 7) is 1.89. The number of H-pyrrole nitrogens is 1. The summed E-state index contributed by atoms with van der Waals surface area (Å²) in [5, 5.41) is 4.03. The largest absolute Gasteiger partial charge is 0.339 e. The predicted octanol–water partition coefficient (Wildman–Crippen LogP) is 1.27. The van der Waals surface area contributed by atoms with Gasteiger partial charge in [0.2, 0.25) is 11.8 Å². The molecule has 1 aromatic carbocycles. The molecule has 9 heteroatoms. The quantitative estimate of drug-likeness (QED) is 0.737. The van der Waals surface area contributed by atoms with Gasteiger partial charge in [-0.1, -0.05) is 30.3 Å². The van der Waals surface area contributed by atoms with Gasteiger partial charge in [-0.25, -0.2) is 4.98 Å². The van der Waals surface area contributed by atoms with Crippen molar-refractivity contribution >= 4 is 11.9 Å². The lowest BCUT2D eigenvalue weighted by atomic mass is 10.1. The van der Waals surface area contributed by atoms with E-state index >= 15 is 0 Å². The minimum Gasteiger partial charge on any atom is -0.339 e. The second-order valence-electron chi connectivity index (χ2n) is 6.54. The highest BCUT2D eigenvalue weighted by Crippen LogP contribution is 2.21. The van der Waals surface area contributed by atoms with E-state index in [2.05, 4.69) is 15.1 Å². The molecule has 0 aliphatic carbocycles. The number of halogens is 1. The Morgan fingerprint density at radius 2 is 1.82 bits per heavy atom. The van der Waals surface area contributed by atoms with Crippen molar-refractivity contribution in [1.29, 1.82) is 0 Å². The zero-order valence-corrected chi connectivity index (χ0v) is 15.3. The molecule has 0 unspecified atom stereocenters. The Balaban J connectivity index is 1.54. The fourth-order valence-electron chi connectivity index (χ4n) is 3.25. The van der Waals surface area contributed by atoms with Gasteiger partial charge in [-0.2, -0.15) is 9.49 Å². The van der Waals surface area contributed by atoms with Crippen LogP contribution in [-0.2, 0) is 7.05 Å². The van der Waals surface area contributed by atoms with E-state index in [1.165, 1.54) is 0 Å².